The molecule has 0 amide bonds. The van der Waals surface area contributed by atoms with Gasteiger partial charge in [-0.25, -0.2) is 19.3 Å². The molecule has 2 aliphatic rings. The first-order chi connectivity index (χ1) is 16.6. The van der Waals surface area contributed by atoms with Crippen LogP contribution in [-0.2, 0) is 12.8 Å². The molecular weight excluding hydrogens is 474 g/mol. The molecule has 0 fully saturated rings. The maximum absolute atomic E-state index is 12.3. The fourth-order valence-corrected chi connectivity index (χ4v) is 5.29. The van der Waals surface area contributed by atoms with Crippen molar-refractivity contribution in [3.8, 4) is 0 Å². The fourth-order valence-electron chi connectivity index (χ4n) is 4.47. The van der Waals surface area contributed by atoms with Crippen LogP contribution in [-0.4, -0.2) is 41.5 Å². The van der Waals surface area contributed by atoms with Crippen molar-refractivity contribution in [2.75, 3.05) is 6.26 Å². The van der Waals surface area contributed by atoms with E-state index in [1.54, 1.807) is 16.4 Å². The van der Waals surface area contributed by atoms with Crippen LogP contribution >= 0.6 is 23.5 Å². The topological polar surface area (TPSA) is 61.4 Å². The lowest BCUT2D eigenvalue weighted by Crippen LogP contribution is -2.07. The largest absolute Gasteiger partial charge is 0.291 e. The monoisotopic (exact) mass is 498 g/mol. The van der Waals surface area contributed by atoms with Gasteiger partial charge >= 0.3 is 0 Å². The van der Waals surface area contributed by atoms with Gasteiger partial charge in [0, 0.05) is 12.8 Å². The summed E-state index contributed by atoms with van der Waals surface area (Å²) < 4.78 is 28.4. The summed E-state index contributed by atoms with van der Waals surface area (Å²) in [4.78, 5) is 8.64. The Morgan fingerprint density at radius 2 is 1.24 bits per heavy atom. The highest BCUT2D eigenvalue weighted by atomic mass is 32.2. The van der Waals surface area contributed by atoms with E-state index in [1.807, 2.05) is 42.7 Å². The quantitative estimate of drug-likeness (QED) is 0.331. The number of aryl methyl sites for hydroxylation is 2. The van der Waals surface area contributed by atoms with Crippen LogP contribution in [0.3, 0.4) is 0 Å². The van der Waals surface area contributed by atoms with Gasteiger partial charge in [-0.1, -0.05) is 72.4 Å². The van der Waals surface area contributed by atoms with E-state index in [0.717, 1.165) is 48.1 Å². The van der Waals surface area contributed by atoms with Crippen LogP contribution < -0.4 is 0 Å². The molecule has 0 bridgehead atoms. The van der Waals surface area contributed by atoms with Crippen molar-refractivity contribution in [1.82, 2.24) is 29.5 Å². The first-order valence-electron chi connectivity index (χ1n) is 11.1. The van der Waals surface area contributed by atoms with Crippen molar-refractivity contribution in [2.24, 2.45) is 0 Å². The second kappa shape index (κ2) is 10.3. The van der Waals surface area contributed by atoms with Crippen LogP contribution in [0.1, 0.15) is 47.7 Å². The Balaban J connectivity index is 0.000000142. The van der Waals surface area contributed by atoms with Gasteiger partial charge in [0.15, 0.2) is 0 Å². The van der Waals surface area contributed by atoms with E-state index in [9.17, 15) is 8.78 Å². The molecular formula is C24H24F2N6S2. The average molecular weight is 499 g/mol. The van der Waals surface area contributed by atoms with E-state index in [1.165, 1.54) is 5.56 Å². The van der Waals surface area contributed by atoms with Crippen molar-refractivity contribution in [1.29, 1.82) is 0 Å². The Hall–Kier alpha value is -2.72. The molecule has 4 heterocycles. The molecule has 4 aromatic rings. The summed E-state index contributed by atoms with van der Waals surface area (Å²) in [6, 6.07) is 21.0. The minimum Gasteiger partial charge on any atom is -0.241 e. The number of thioether (sulfide) groups is 2. The molecule has 176 valence electrons. The van der Waals surface area contributed by atoms with E-state index >= 15 is 0 Å². The first-order valence-corrected chi connectivity index (χ1v) is 13.2. The number of hydrogen-bond donors (Lipinski definition) is 0. The van der Waals surface area contributed by atoms with Crippen LogP contribution in [0.25, 0.3) is 0 Å². The Labute approximate surface area is 205 Å². The molecule has 34 heavy (non-hydrogen) atoms. The van der Waals surface area contributed by atoms with Crippen molar-refractivity contribution in [3.63, 3.8) is 0 Å². The molecule has 0 aliphatic carbocycles. The van der Waals surface area contributed by atoms with Crippen LogP contribution in [0.2, 0.25) is 0 Å². The maximum Gasteiger partial charge on any atom is 0.291 e. The summed E-state index contributed by atoms with van der Waals surface area (Å²) in [6.07, 6.45) is 5.89. The highest BCUT2D eigenvalue weighted by Crippen LogP contribution is 2.33. The smallest absolute Gasteiger partial charge is 0.241 e. The summed E-state index contributed by atoms with van der Waals surface area (Å²) in [7, 11) is 0. The zero-order valence-corrected chi connectivity index (χ0v) is 20.2. The van der Waals surface area contributed by atoms with Gasteiger partial charge in [0.2, 0.25) is 10.3 Å². The number of fused-ring (bicyclic) bond motifs is 2. The molecule has 2 aliphatic heterocycles. The van der Waals surface area contributed by atoms with Gasteiger partial charge in [0.25, 0.3) is 5.76 Å². The summed E-state index contributed by atoms with van der Waals surface area (Å²) in [5.41, 5.74) is 2.48. The Morgan fingerprint density at radius 1 is 0.765 bits per heavy atom. The number of rotatable bonds is 5. The molecule has 6 rings (SSSR count). The highest BCUT2D eigenvalue weighted by molar-refractivity contribution is 7.99. The van der Waals surface area contributed by atoms with Crippen LogP contribution in [0.5, 0.6) is 0 Å². The van der Waals surface area contributed by atoms with Gasteiger partial charge in [-0.3, -0.25) is 0 Å². The number of nitrogens with zero attached hydrogens (tertiary/aromatic N) is 6. The van der Waals surface area contributed by atoms with Crippen LogP contribution in [0, 0.1) is 0 Å². The number of benzene rings is 2. The van der Waals surface area contributed by atoms with Crippen LogP contribution in [0.4, 0.5) is 8.78 Å². The zero-order chi connectivity index (χ0) is 23.5. The van der Waals surface area contributed by atoms with E-state index in [-0.39, 0.29) is 11.2 Å². The van der Waals surface area contributed by atoms with Crippen LogP contribution in [0.15, 0.2) is 71.0 Å². The highest BCUT2D eigenvalue weighted by Gasteiger charge is 2.28. The van der Waals surface area contributed by atoms with Gasteiger partial charge < -0.3 is 0 Å². The second-order valence-electron chi connectivity index (χ2n) is 8.02. The number of hydrogen-bond acceptors (Lipinski definition) is 6. The molecule has 2 aromatic heterocycles. The van der Waals surface area contributed by atoms with Gasteiger partial charge in [0.1, 0.15) is 11.6 Å². The van der Waals surface area contributed by atoms with Crippen molar-refractivity contribution in [3.05, 3.63) is 83.4 Å². The number of halogens is 2. The summed E-state index contributed by atoms with van der Waals surface area (Å²) in [6.45, 7) is 0. The molecule has 10 heteroatoms. The number of aromatic nitrogens is 6. The molecule has 0 spiro atoms. The Kier molecular flexibility index (Phi) is 6.96. The van der Waals surface area contributed by atoms with Crippen molar-refractivity contribution < 1.29 is 8.78 Å². The van der Waals surface area contributed by atoms with Gasteiger partial charge in [-0.2, -0.15) is 8.78 Å². The number of alkyl halides is 2. The standard InChI is InChI=1S/C12H11F2N3S.C12H13N3S/c13-11(14)18-12-15-10-7-6-9(17(10)16-12)8-4-2-1-3-5-8;1-16-12-13-11-8-7-10(15(11)14-12)9-5-3-2-4-6-9/h1-5,9,11H,6-7H2;2-6,10H,7-8H2,1H3. The lowest BCUT2D eigenvalue weighted by molar-refractivity contribution is 0.251. The molecule has 0 N–H and O–H groups in total. The van der Waals surface area contributed by atoms with E-state index < -0.39 is 5.76 Å². The van der Waals surface area contributed by atoms with E-state index in [2.05, 4.69) is 49.1 Å². The maximum atomic E-state index is 12.3. The zero-order valence-electron chi connectivity index (χ0n) is 18.6. The second-order valence-corrected chi connectivity index (χ2v) is 9.75. The van der Waals surface area contributed by atoms with Gasteiger partial charge in [-0.15, -0.1) is 10.2 Å². The Bertz CT molecular complexity index is 1230. The van der Waals surface area contributed by atoms with Gasteiger partial charge in [0.05, 0.1) is 12.1 Å². The van der Waals surface area contributed by atoms with Crippen molar-refractivity contribution in [2.45, 2.75) is 53.8 Å². The molecule has 2 unspecified atom stereocenters. The van der Waals surface area contributed by atoms with E-state index in [4.69, 9.17) is 0 Å². The minimum absolute atomic E-state index is 0.126. The Morgan fingerprint density at radius 3 is 1.71 bits per heavy atom. The molecule has 2 atom stereocenters. The predicted molar refractivity (Wildman–Crippen MR) is 129 cm³/mol. The fraction of sp³-hybridized carbons (Fsp3) is 0.333. The van der Waals surface area contributed by atoms with E-state index in [0.29, 0.717) is 17.8 Å². The summed E-state index contributed by atoms with van der Waals surface area (Å²) >= 11 is 2.01. The third-order valence-corrected chi connectivity index (χ3v) is 7.08. The van der Waals surface area contributed by atoms with Gasteiger partial charge in [-0.05, 0) is 42.0 Å². The normalized spacial score (nSPS) is 18.5. The first kappa shape index (κ1) is 23.0. The molecule has 0 radical (unpaired) electrons. The average Bonchev–Trinajstić information content (AvgIpc) is 3.61. The third kappa shape index (κ3) is 4.88. The molecule has 0 saturated heterocycles. The van der Waals surface area contributed by atoms with Crippen molar-refractivity contribution >= 4 is 23.5 Å². The predicted octanol–water partition coefficient (Wildman–Crippen LogP) is 5.66. The molecule has 6 nitrogen and oxygen atoms in total. The minimum atomic E-state index is -2.47. The lowest BCUT2D eigenvalue weighted by atomic mass is 10.1. The summed E-state index contributed by atoms with van der Waals surface area (Å²) in [5, 5.41) is 9.76. The lowest BCUT2D eigenvalue weighted by Gasteiger charge is -2.11. The third-order valence-electron chi connectivity index (χ3n) is 5.98. The molecule has 0 saturated carbocycles. The summed E-state index contributed by atoms with van der Waals surface area (Å²) in [5.74, 6) is -0.548. The SMILES string of the molecule is CSc1nc2n(n1)C(c1ccccc1)CC2.FC(F)Sc1nc2n(n1)C(c1ccccc1)CC2. The molecule has 2 aromatic carbocycles.